The molecule has 6 aliphatic carbocycles. The third kappa shape index (κ3) is 1.31. The van der Waals surface area contributed by atoms with Crippen LogP contribution in [0.3, 0.4) is 0 Å². The fourth-order valence-corrected chi connectivity index (χ4v) is 6.19. The molecule has 0 amide bonds. The van der Waals surface area contributed by atoms with Crippen molar-refractivity contribution in [2.75, 3.05) is 0 Å². The molecule has 7 rings (SSSR count). The van der Waals surface area contributed by atoms with Gasteiger partial charge in [-0.2, -0.15) is 0 Å². The van der Waals surface area contributed by atoms with Crippen molar-refractivity contribution in [1.29, 1.82) is 0 Å². The number of benzene rings is 1. The summed E-state index contributed by atoms with van der Waals surface area (Å²) in [5, 5.41) is 27.1. The SMILES string of the molecule is CC1(C)[C@@H]2C[C@@H]1c1ccc3c(c1/C2=N\O)/C(=N/O)[C@@H]1C[C@@H]3C1(C)C. The number of hydrogen-bond acceptors (Lipinski definition) is 4. The number of oxime groups is 2. The Morgan fingerprint density at radius 1 is 0.750 bits per heavy atom. The predicted octanol–water partition coefficient (Wildman–Crippen LogP) is 4.33. The van der Waals surface area contributed by atoms with Crippen molar-refractivity contribution in [3.8, 4) is 0 Å². The Labute approximate surface area is 142 Å². The molecule has 1 aromatic carbocycles. The van der Waals surface area contributed by atoms with Gasteiger partial charge in [0.2, 0.25) is 0 Å². The largest absolute Gasteiger partial charge is 0.411 e. The van der Waals surface area contributed by atoms with Crippen molar-refractivity contribution >= 4 is 11.4 Å². The normalized spacial score (nSPS) is 39.7. The first-order chi connectivity index (χ1) is 11.3. The van der Waals surface area contributed by atoms with E-state index in [2.05, 4.69) is 50.1 Å². The summed E-state index contributed by atoms with van der Waals surface area (Å²) < 4.78 is 0. The van der Waals surface area contributed by atoms with E-state index in [1.165, 1.54) is 11.1 Å². The maximum absolute atomic E-state index is 9.79. The molecule has 0 saturated heterocycles. The molecule has 0 heterocycles. The van der Waals surface area contributed by atoms with E-state index in [1.54, 1.807) is 0 Å². The zero-order valence-corrected chi connectivity index (χ0v) is 14.7. The molecule has 0 radical (unpaired) electrons. The van der Waals surface area contributed by atoms with Gasteiger partial charge in [-0.15, -0.1) is 0 Å². The smallest absolute Gasteiger partial charge is 0.0914 e. The Balaban J connectivity index is 1.82. The summed E-state index contributed by atoms with van der Waals surface area (Å²) >= 11 is 0. The van der Waals surface area contributed by atoms with E-state index in [0.717, 1.165) is 35.4 Å². The molecule has 4 bridgehead atoms. The van der Waals surface area contributed by atoms with Gasteiger partial charge in [0, 0.05) is 23.0 Å². The third-order valence-electron chi connectivity index (χ3n) is 7.94. The van der Waals surface area contributed by atoms with Gasteiger partial charge in [0.15, 0.2) is 0 Å². The average molecular weight is 324 g/mol. The molecule has 0 aliphatic heterocycles. The third-order valence-corrected chi connectivity index (χ3v) is 7.94. The summed E-state index contributed by atoms with van der Waals surface area (Å²) in [5.41, 5.74) is 6.54. The minimum Gasteiger partial charge on any atom is -0.411 e. The molecule has 2 fully saturated rings. The highest BCUT2D eigenvalue weighted by atomic mass is 16.4. The van der Waals surface area contributed by atoms with Crippen molar-refractivity contribution < 1.29 is 10.4 Å². The molecular formula is C20H24N2O2. The van der Waals surface area contributed by atoms with Crippen LogP contribution in [0.15, 0.2) is 22.4 Å². The Morgan fingerprint density at radius 2 is 1.12 bits per heavy atom. The van der Waals surface area contributed by atoms with Gasteiger partial charge in [-0.1, -0.05) is 50.1 Å². The van der Waals surface area contributed by atoms with Crippen LogP contribution >= 0.6 is 0 Å². The molecule has 1 aromatic rings. The zero-order valence-electron chi connectivity index (χ0n) is 14.7. The summed E-state index contributed by atoms with van der Waals surface area (Å²) in [6.07, 6.45) is 2.12. The van der Waals surface area contributed by atoms with Crippen molar-refractivity contribution in [2.24, 2.45) is 33.0 Å². The lowest BCUT2D eigenvalue weighted by Crippen LogP contribution is -2.56. The Morgan fingerprint density at radius 3 is 1.42 bits per heavy atom. The molecule has 126 valence electrons. The Kier molecular flexibility index (Phi) is 2.44. The standard InChI is InChI=1S/C20H24N2O2/c1-19(2)11-7-13(19)17(21-23)15-9(11)5-6-10-12-8-14(20(12,3)4)18(22-24)16(10)15/h5-6,11-14,23-24H,7-8H2,1-4H3/b21-17-,22-18+/t11-,12+,13-,14+/m1/s1. The Bertz CT molecular complexity index is 765. The van der Waals surface area contributed by atoms with E-state index in [-0.39, 0.29) is 22.7 Å². The zero-order chi connectivity index (χ0) is 17.0. The highest BCUT2D eigenvalue weighted by Gasteiger charge is 2.61. The van der Waals surface area contributed by atoms with E-state index in [1.807, 2.05) is 0 Å². The van der Waals surface area contributed by atoms with Gasteiger partial charge >= 0.3 is 0 Å². The summed E-state index contributed by atoms with van der Waals surface area (Å²) in [6.45, 7) is 9.06. The summed E-state index contributed by atoms with van der Waals surface area (Å²) in [7, 11) is 0. The average Bonchev–Trinajstić information content (AvgIpc) is 2.58. The van der Waals surface area contributed by atoms with Gasteiger partial charge in [-0.3, -0.25) is 0 Å². The molecule has 6 aliphatic rings. The minimum absolute atomic E-state index is 0.135. The van der Waals surface area contributed by atoms with Gasteiger partial charge in [0.05, 0.1) is 11.4 Å². The van der Waals surface area contributed by atoms with E-state index in [9.17, 15) is 10.4 Å². The van der Waals surface area contributed by atoms with E-state index >= 15 is 0 Å². The lowest BCUT2D eigenvalue weighted by atomic mass is 9.43. The highest BCUT2D eigenvalue weighted by Crippen LogP contribution is 2.67. The number of rotatable bonds is 0. The molecule has 4 heteroatoms. The first-order valence-corrected chi connectivity index (χ1v) is 8.95. The molecule has 24 heavy (non-hydrogen) atoms. The summed E-state index contributed by atoms with van der Waals surface area (Å²) in [5.74, 6) is 1.58. The number of nitrogens with zero attached hydrogens (tertiary/aromatic N) is 2. The first kappa shape index (κ1) is 14.5. The molecule has 2 N–H and O–H groups in total. The van der Waals surface area contributed by atoms with Crippen LogP contribution in [0.1, 0.15) is 74.6 Å². The van der Waals surface area contributed by atoms with Crippen LogP contribution in [0.4, 0.5) is 0 Å². The van der Waals surface area contributed by atoms with Crippen LogP contribution in [-0.4, -0.2) is 21.8 Å². The molecular weight excluding hydrogens is 300 g/mol. The predicted molar refractivity (Wildman–Crippen MR) is 92.3 cm³/mol. The summed E-state index contributed by atoms with van der Waals surface area (Å²) in [4.78, 5) is 0. The van der Waals surface area contributed by atoms with Crippen molar-refractivity contribution in [3.63, 3.8) is 0 Å². The molecule has 0 aromatic heterocycles. The van der Waals surface area contributed by atoms with Gasteiger partial charge < -0.3 is 10.4 Å². The Hall–Kier alpha value is -1.84. The summed E-state index contributed by atoms with van der Waals surface area (Å²) in [6, 6.07) is 4.48. The van der Waals surface area contributed by atoms with Gasteiger partial charge in [-0.25, -0.2) is 0 Å². The maximum atomic E-state index is 9.79. The number of hydrogen-bond donors (Lipinski definition) is 2. The van der Waals surface area contributed by atoms with Crippen LogP contribution < -0.4 is 0 Å². The van der Waals surface area contributed by atoms with E-state index < -0.39 is 0 Å². The molecule has 4 nitrogen and oxygen atoms in total. The van der Waals surface area contributed by atoms with Crippen LogP contribution in [0, 0.1) is 22.7 Å². The topological polar surface area (TPSA) is 65.2 Å². The maximum Gasteiger partial charge on any atom is 0.0914 e. The highest BCUT2D eigenvalue weighted by molar-refractivity contribution is 6.18. The lowest BCUT2D eigenvalue weighted by molar-refractivity contribution is 0.0692. The van der Waals surface area contributed by atoms with Crippen molar-refractivity contribution in [1.82, 2.24) is 0 Å². The lowest BCUT2D eigenvalue weighted by Gasteiger charge is -2.60. The quantitative estimate of drug-likeness (QED) is 0.551. The molecule has 2 saturated carbocycles. The van der Waals surface area contributed by atoms with Crippen LogP contribution in [0.25, 0.3) is 0 Å². The first-order valence-electron chi connectivity index (χ1n) is 8.95. The monoisotopic (exact) mass is 324 g/mol. The second-order valence-electron chi connectivity index (χ2n) is 9.29. The second-order valence-corrected chi connectivity index (χ2v) is 9.29. The second kappa shape index (κ2) is 4.04. The van der Waals surface area contributed by atoms with Crippen LogP contribution in [0.5, 0.6) is 0 Å². The van der Waals surface area contributed by atoms with Gasteiger partial charge in [0.1, 0.15) is 0 Å². The van der Waals surface area contributed by atoms with Gasteiger partial charge in [-0.05, 0) is 46.6 Å². The molecule has 0 unspecified atom stereocenters. The fourth-order valence-electron chi connectivity index (χ4n) is 6.19. The van der Waals surface area contributed by atoms with E-state index in [4.69, 9.17) is 0 Å². The fraction of sp³-hybridized carbons (Fsp3) is 0.600. The molecule has 0 spiro atoms. The van der Waals surface area contributed by atoms with Crippen LogP contribution in [0.2, 0.25) is 0 Å². The van der Waals surface area contributed by atoms with E-state index in [0.29, 0.717) is 11.8 Å². The van der Waals surface area contributed by atoms with Gasteiger partial charge in [0.25, 0.3) is 0 Å². The van der Waals surface area contributed by atoms with Crippen LogP contribution in [-0.2, 0) is 0 Å². The molecule has 4 atom stereocenters. The van der Waals surface area contributed by atoms with Crippen molar-refractivity contribution in [3.05, 3.63) is 34.4 Å². The van der Waals surface area contributed by atoms with Crippen molar-refractivity contribution in [2.45, 2.75) is 52.4 Å². The minimum atomic E-state index is 0.135.